The van der Waals surface area contributed by atoms with E-state index in [1.54, 1.807) is 55.6 Å². The van der Waals surface area contributed by atoms with E-state index in [4.69, 9.17) is 0 Å². The van der Waals surface area contributed by atoms with E-state index in [1.807, 2.05) is 51.4 Å². The standard InChI is InChI=1S/C26H28N4O3S/c1-18(27-25-22-12-8-9-13-23(22)26(31)30(4)28-25)24(29(2)3)19-14-16-21(17-15-19)34(32,33)20-10-6-5-7-11-20/h5-18,24H,1-4H3,(H,27,28)/t18-,24-/m0/s1. The average molecular weight is 477 g/mol. The van der Waals surface area contributed by atoms with Crippen LogP contribution in [0.3, 0.4) is 0 Å². The molecule has 3 aromatic carbocycles. The fraction of sp³-hybridized carbons (Fsp3) is 0.231. The van der Waals surface area contributed by atoms with Gasteiger partial charge in [0, 0.05) is 18.5 Å². The Bertz CT molecular complexity index is 1460. The van der Waals surface area contributed by atoms with Gasteiger partial charge in [-0.1, -0.05) is 48.5 Å². The second-order valence-electron chi connectivity index (χ2n) is 8.55. The Morgan fingerprint density at radius 2 is 1.41 bits per heavy atom. The van der Waals surface area contributed by atoms with Crippen molar-refractivity contribution < 1.29 is 8.42 Å². The van der Waals surface area contributed by atoms with Gasteiger partial charge in [0.1, 0.15) is 0 Å². The fourth-order valence-electron chi connectivity index (χ4n) is 4.31. The van der Waals surface area contributed by atoms with Gasteiger partial charge in [-0.25, -0.2) is 13.1 Å². The van der Waals surface area contributed by atoms with Crippen LogP contribution in [0.25, 0.3) is 10.8 Å². The smallest absolute Gasteiger partial charge is 0.274 e. The highest BCUT2D eigenvalue weighted by Crippen LogP contribution is 2.28. The molecule has 7 nitrogen and oxygen atoms in total. The molecule has 1 heterocycles. The lowest BCUT2D eigenvalue weighted by molar-refractivity contribution is 0.275. The first kappa shape index (κ1) is 23.7. The molecule has 0 amide bonds. The normalized spacial score (nSPS) is 13.7. The molecule has 8 heteroatoms. The third-order valence-corrected chi connectivity index (χ3v) is 7.72. The van der Waals surface area contributed by atoms with Gasteiger partial charge >= 0.3 is 0 Å². The minimum Gasteiger partial charge on any atom is -0.364 e. The van der Waals surface area contributed by atoms with Crippen LogP contribution < -0.4 is 10.9 Å². The van der Waals surface area contributed by atoms with Gasteiger partial charge in [-0.05, 0) is 56.9 Å². The summed E-state index contributed by atoms with van der Waals surface area (Å²) in [6.45, 7) is 2.04. The molecular formula is C26H28N4O3S. The van der Waals surface area contributed by atoms with Crippen LogP contribution in [0.5, 0.6) is 0 Å². The summed E-state index contributed by atoms with van der Waals surface area (Å²) in [7, 11) is 2.02. The van der Waals surface area contributed by atoms with Gasteiger partial charge in [-0.2, -0.15) is 5.10 Å². The Morgan fingerprint density at radius 1 is 0.853 bits per heavy atom. The molecule has 0 aliphatic rings. The van der Waals surface area contributed by atoms with E-state index in [1.165, 1.54) is 4.68 Å². The van der Waals surface area contributed by atoms with Gasteiger partial charge in [0.2, 0.25) is 9.84 Å². The van der Waals surface area contributed by atoms with Gasteiger partial charge in [-0.3, -0.25) is 4.79 Å². The minimum absolute atomic E-state index is 0.0775. The number of hydrogen-bond donors (Lipinski definition) is 1. The van der Waals surface area contributed by atoms with Crippen LogP contribution in [-0.4, -0.2) is 43.2 Å². The van der Waals surface area contributed by atoms with Gasteiger partial charge < -0.3 is 10.2 Å². The molecule has 0 aliphatic carbocycles. The van der Waals surface area contributed by atoms with Gasteiger partial charge in [0.15, 0.2) is 5.82 Å². The lowest BCUT2D eigenvalue weighted by atomic mass is 9.99. The molecule has 34 heavy (non-hydrogen) atoms. The number of nitrogens with one attached hydrogen (secondary N) is 1. The maximum absolute atomic E-state index is 12.9. The number of rotatable bonds is 7. The highest BCUT2D eigenvalue weighted by atomic mass is 32.2. The Morgan fingerprint density at radius 3 is 2.03 bits per heavy atom. The summed E-state index contributed by atoms with van der Waals surface area (Å²) in [6.07, 6.45) is 0. The van der Waals surface area contributed by atoms with Crippen LogP contribution in [0, 0.1) is 0 Å². The molecule has 0 saturated heterocycles. The Labute approximate surface area is 199 Å². The lowest BCUT2D eigenvalue weighted by Crippen LogP contribution is -2.35. The molecule has 4 aromatic rings. The van der Waals surface area contributed by atoms with Crippen LogP contribution in [0.1, 0.15) is 18.5 Å². The SMILES string of the molecule is C[C@H](Nc1nn(C)c(=O)c2ccccc12)[C@@H](c1ccc(S(=O)(=O)c2ccccc2)cc1)N(C)C. The Hall–Kier alpha value is -3.49. The molecule has 0 unspecified atom stereocenters. The molecular weight excluding hydrogens is 448 g/mol. The lowest BCUT2D eigenvalue weighted by Gasteiger charge is -2.32. The molecule has 0 fully saturated rings. The van der Waals surface area contributed by atoms with E-state index < -0.39 is 9.84 Å². The summed E-state index contributed by atoms with van der Waals surface area (Å²) in [4.78, 5) is 15.1. The van der Waals surface area contributed by atoms with Gasteiger partial charge in [0.05, 0.1) is 21.2 Å². The summed E-state index contributed by atoms with van der Waals surface area (Å²) in [6, 6.07) is 22.7. The number of likely N-dealkylation sites (N-methyl/N-ethyl adjacent to an activating group) is 1. The highest BCUT2D eigenvalue weighted by molar-refractivity contribution is 7.91. The first-order valence-corrected chi connectivity index (χ1v) is 12.5. The first-order valence-electron chi connectivity index (χ1n) is 11.0. The molecule has 4 rings (SSSR count). The summed E-state index contributed by atoms with van der Waals surface area (Å²) < 4.78 is 27.2. The second kappa shape index (κ2) is 9.40. The number of anilines is 1. The summed E-state index contributed by atoms with van der Waals surface area (Å²) in [5, 5.41) is 9.29. The number of fused-ring (bicyclic) bond motifs is 1. The largest absolute Gasteiger partial charge is 0.364 e. The number of hydrogen-bond acceptors (Lipinski definition) is 6. The monoisotopic (exact) mass is 476 g/mol. The third kappa shape index (κ3) is 4.47. The number of aromatic nitrogens is 2. The van der Waals surface area contributed by atoms with Crippen LogP contribution in [0.4, 0.5) is 5.82 Å². The second-order valence-corrected chi connectivity index (χ2v) is 10.5. The zero-order chi connectivity index (χ0) is 24.5. The zero-order valence-corrected chi connectivity index (χ0v) is 20.5. The van der Waals surface area contributed by atoms with E-state index in [2.05, 4.69) is 15.3 Å². The van der Waals surface area contributed by atoms with E-state index in [0.717, 1.165) is 10.9 Å². The third-order valence-electron chi connectivity index (χ3n) is 5.94. The van der Waals surface area contributed by atoms with Gasteiger partial charge in [-0.15, -0.1) is 0 Å². The van der Waals surface area contributed by atoms with Crippen molar-refractivity contribution in [1.29, 1.82) is 0 Å². The van der Waals surface area contributed by atoms with E-state index in [9.17, 15) is 13.2 Å². The summed E-state index contributed by atoms with van der Waals surface area (Å²) >= 11 is 0. The molecule has 0 saturated carbocycles. The fourth-order valence-corrected chi connectivity index (χ4v) is 5.60. The first-order chi connectivity index (χ1) is 16.2. The Balaban J connectivity index is 1.65. The predicted octanol–water partition coefficient (Wildman–Crippen LogP) is 3.87. The van der Waals surface area contributed by atoms with Crippen molar-refractivity contribution in [2.45, 2.75) is 28.8 Å². The number of sulfone groups is 1. The van der Waals surface area contributed by atoms with E-state index in [0.29, 0.717) is 11.2 Å². The van der Waals surface area contributed by atoms with Gasteiger partial charge in [0.25, 0.3) is 5.56 Å². The number of nitrogens with zero attached hydrogens (tertiary/aromatic N) is 3. The van der Waals surface area contributed by atoms with Crippen molar-refractivity contribution in [3.63, 3.8) is 0 Å². The molecule has 1 N–H and O–H groups in total. The van der Waals surface area contributed by atoms with Crippen molar-refractivity contribution in [3.05, 3.63) is 94.8 Å². The molecule has 0 spiro atoms. The average Bonchev–Trinajstić information content (AvgIpc) is 2.83. The molecule has 0 bridgehead atoms. The van der Waals surface area contributed by atoms with Crippen LogP contribution >= 0.6 is 0 Å². The van der Waals surface area contributed by atoms with Crippen molar-refractivity contribution in [2.24, 2.45) is 7.05 Å². The van der Waals surface area contributed by atoms with Crippen molar-refractivity contribution in [3.8, 4) is 0 Å². The molecule has 176 valence electrons. The topological polar surface area (TPSA) is 84.3 Å². The number of benzene rings is 3. The highest BCUT2D eigenvalue weighted by Gasteiger charge is 2.24. The van der Waals surface area contributed by atoms with E-state index in [-0.39, 0.29) is 27.4 Å². The minimum atomic E-state index is -3.58. The molecule has 1 aromatic heterocycles. The summed E-state index contributed by atoms with van der Waals surface area (Å²) in [5.41, 5.74) is 0.819. The van der Waals surface area contributed by atoms with Crippen LogP contribution in [0.2, 0.25) is 0 Å². The number of aryl methyl sites for hydroxylation is 1. The predicted molar refractivity (Wildman–Crippen MR) is 135 cm³/mol. The van der Waals surface area contributed by atoms with Crippen LogP contribution in [0.15, 0.2) is 93.4 Å². The van der Waals surface area contributed by atoms with E-state index >= 15 is 0 Å². The van der Waals surface area contributed by atoms with Crippen molar-refractivity contribution >= 4 is 26.4 Å². The maximum Gasteiger partial charge on any atom is 0.274 e. The quantitative estimate of drug-likeness (QED) is 0.436. The Kier molecular flexibility index (Phi) is 6.54. The van der Waals surface area contributed by atoms with Crippen LogP contribution in [-0.2, 0) is 16.9 Å². The molecule has 0 radical (unpaired) electrons. The molecule has 2 atom stereocenters. The van der Waals surface area contributed by atoms with Crippen molar-refractivity contribution in [1.82, 2.24) is 14.7 Å². The zero-order valence-electron chi connectivity index (χ0n) is 19.6. The summed E-state index contributed by atoms with van der Waals surface area (Å²) in [5.74, 6) is 0.625. The maximum atomic E-state index is 12.9. The van der Waals surface area contributed by atoms with Crippen molar-refractivity contribution in [2.75, 3.05) is 19.4 Å². The molecule has 0 aliphatic heterocycles.